The molecule has 4 heterocycles. The van der Waals surface area contributed by atoms with Gasteiger partial charge in [0.15, 0.2) is 0 Å². The molecule has 1 saturated heterocycles. The molecular weight excluding hydrogens is 448 g/mol. The number of carbonyl (C=O) groups excluding carboxylic acids is 1. The summed E-state index contributed by atoms with van der Waals surface area (Å²) in [6.07, 6.45) is 2.85. The Balaban J connectivity index is 1.73. The second-order valence-electron chi connectivity index (χ2n) is 9.45. The topological polar surface area (TPSA) is 122 Å². The zero-order chi connectivity index (χ0) is 25.3. The van der Waals surface area contributed by atoms with Gasteiger partial charge in [0.25, 0.3) is 0 Å². The third-order valence-corrected chi connectivity index (χ3v) is 5.71. The minimum atomic E-state index is -0.553. The van der Waals surface area contributed by atoms with Crippen LogP contribution in [0, 0.1) is 11.3 Å². The first-order valence-corrected chi connectivity index (χ1v) is 11.6. The van der Waals surface area contributed by atoms with E-state index >= 15 is 0 Å². The molecule has 0 radical (unpaired) electrons. The fourth-order valence-electron chi connectivity index (χ4n) is 4.14. The number of fused-ring (bicyclic) bond motifs is 1. The van der Waals surface area contributed by atoms with Crippen LogP contribution in [0.3, 0.4) is 0 Å². The molecule has 1 atom stereocenters. The van der Waals surface area contributed by atoms with Crippen LogP contribution in [0.2, 0.25) is 0 Å². The number of aromatic nitrogens is 5. The van der Waals surface area contributed by atoms with E-state index in [0.717, 1.165) is 0 Å². The van der Waals surface area contributed by atoms with E-state index in [9.17, 15) is 10.1 Å². The molecular formula is C24H30N8O3. The number of pyridine rings is 1. The Hall–Kier alpha value is -3.94. The van der Waals surface area contributed by atoms with Crippen molar-refractivity contribution in [1.82, 2.24) is 29.6 Å². The molecule has 0 aliphatic carbocycles. The van der Waals surface area contributed by atoms with Crippen LogP contribution in [-0.2, 0) is 11.8 Å². The summed E-state index contributed by atoms with van der Waals surface area (Å²) in [5, 5.41) is 14.5. The van der Waals surface area contributed by atoms with Crippen LogP contribution in [-0.4, -0.2) is 73.6 Å². The van der Waals surface area contributed by atoms with Crippen molar-refractivity contribution in [2.75, 3.05) is 31.1 Å². The highest BCUT2D eigenvalue weighted by atomic mass is 16.6. The van der Waals surface area contributed by atoms with Crippen molar-refractivity contribution in [3.05, 3.63) is 24.3 Å². The van der Waals surface area contributed by atoms with Gasteiger partial charge in [0.1, 0.15) is 34.9 Å². The Morgan fingerprint density at radius 3 is 2.66 bits per heavy atom. The second kappa shape index (κ2) is 9.37. The molecule has 35 heavy (non-hydrogen) atoms. The molecule has 184 valence electrons. The molecule has 1 amide bonds. The van der Waals surface area contributed by atoms with Gasteiger partial charge in [-0.1, -0.05) is 0 Å². The summed E-state index contributed by atoms with van der Waals surface area (Å²) in [6.45, 7) is 11.5. The third kappa shape index (κ3) is 4.82. The molecule has 0 spiro atoms. The van der Waals surface area contributed by atoms with E-state index in [-0.39, 0.29) is 12.1 Å². The maximum Gasteiger partial charge on any atom is 0.410 e. The van der Waals surface area contributed by atoms with E-state index < -0.39 is 5.60 Å². The summed E-state index contributed by atoms with van der Waals surface area (Å²) in [5.41, 5.74) is 1.80. The summed E-state index contributed by atoms with van der Waals surface area (Å²) in [6, 6.07) is 3.75. The molecule has 11 heteroatoms. The number of rotatable bonds is 4. The minimum absolute atomic E-state index is 0.0933. The first-order chi connectivity index (χ1) is 16.6. The summed E-state index contributed by atoms with van der Waals surface area (Å²) in [5.74, 6) is 1.11. The number of nitrogens with zero attached hydrogens (tertiary/aromatic N) is 8. The highest BCUT2D eigenvalue weighted by Crippen LogP contribution is 2.36. The maximum absolute atomic E-state index is 12.7. The summed E-state index contributed by atoms with van der Waals surface area (Å²) in [7, 11) is 1.72. The SMILES string of the molecule is CCOc1ncc(-c2cc(C#N)n(C)n2)c2ncnc(N3CCN(C(=O)OC(C)(C)C)C(C)C3)c12. The van der Waals surface area contributed by atoms with Crippen LogP contribution >= 0.6 is 0 Å². The lowest BCUT2D eigenvalue weighted by Crippen LogP contribution is -2.55. The maximum atomic E-state index is 12.7. The molecule has 1 unspecified atom stereocenters. The summed E-state index contributed by atoms with van der Waals surface area (Å²) in [4.78, 5) is 30.2. The van der Waals surface area contributed by atoms with Gasteiger partial charge in [0, 0.05) is 50.6 Å². The number of carbonyl (C=O) groups is 1. The first-order valence-electron chi connectivity index (χ1n) is 11.6. The Morgan fingerprint density at radius 2 is 2.03 bits per heavy atom. The number of aryl methyl sites for hydroxylation is 1. The van der Waals surface area contributed by atoms with E-state index in [1.807, 2.05) is 34.6 Å². The lowest BCUT2D eigenvalue weighted by molar-refractivity contribution is 0.0158. The molecule has 0 N–H and O–H groups in total. The number of hydrogen-bond acceptors (Lipinski definition) is 9. The first kappa shape index (κ1) is 24.2. The average Bonchev–Trinajstić information content (AvgIpc) is 3.18. The Morgan fingerprint density at radius 1 is 1.26 bits per heavy atom. The summed E-state index contributed by atoms with van der Waals surface area (Å²) < 4.78 is 13.0. The highest BCUT2D eigenvalue weighted by molar-refractivity contribution is 6.01. The molecule has 3 aromatic heterocycles. The molecule has 4 rings (SSSR count). The number of ether oxygens (including phenoxy) is 2. The van der Waals surface area contributed by atoms with Crippen LogP contribution in [0.1, 0.15) is 40.3 Å². The molecule has 0 saturated carbocycles. The minimum Gasteiger partial charge on any atom is -0.477 e. The monoisotopic (exact) mass is 478 g/mol. The van der Waals surface area contributed by atoms with E-state index in [1.54, 1.807) is 24.2 Å². The van der Waals surface area contributed by atoms with Crippen molar-refractivity contribution in [1.29, 1.82) is 5.26 Å². The zero-order valence-electron chi connectivity index (χ0n) is 20.9. The fourth-order valence-corrected chi connectivity index (χ4v) is 4.14. The predicted octanol–water partition coefficient (Wildman–Crippen LogP) is 3.14. The van der Waals surface area contributed by atoms with Crippen molar-refractivity contribution >= 4 is 22.8 Å². The van der Waals surface area contributed by atoms with Crippen LogP contribution in [0.15, 0.2) is 18.6 Å². The van der Waals surface area contributed by atoms with Gasteiger partial charge in [-0.25, -0.2) is 19.7 Å². The third-order valence-electron chi connectivity index (χ3n) is 5.71. The lowest BCUT2D eigenvalue weighted by Gasteiger charge is -2.40. The van der Waals surface area contributed by atoms with Gasteiger partial charge in [-0.15, -0.1) is 0 Å². The smallest absolute Gasteiger partial charge is 0.410 e. The number of piperazine rings is 1. The zero-order valence-corrected chi connectivity index (χ0v) is 20.9. The number of amides is 1. The van der Waals surface area contributed by atoms with Crippen LogP contribution in [0.4, 0.5) is 10.6 Å². The largest absolute Gasteiger partial charge is 0.477 e. The molecule has 11 nitrogen and oxygen atoms in total. The Labute approximate surface area is 204 Å². The van der Waals surface area contributed by atoms with Gasteiger partial charge >= 0.3 is 6.09 Å². The van der Waals surface area contributed by atoms with Crippen molar-refractivity contribution in [3.8, 4) is 23.2 Å². The van der Waals surface area contributed by atoms with Crippen molar-refractivity contribution in [3.63, 3.8) is 0 Å². The van der Waals surface area contributed by atoms with Crippen molar-refractivity contribution in [2.24, 2.45) is 7.05 Å². The molecule has 3 aromatic rings. The molecule has 0 aromatic carbocycles. The highest BCUT2D eigenvalue weighted by Gasteiger charge is 2.32. The van der Waals surface area contributed by atoms with Gasteiger partial charge < -0.3 is 19.3 Å². The van der Waals surface area contributed by atoms with E-state index in [1.165, 1.54) is 11.0 Å². The normalized spacial score (nSPS) is 16.3. The van der Waals surface area contributed by atoms with Crippen LogP contribution in [0.25, 0.3) is 22.2 Å². The fraction of sp³-hybridized carbons (Fsp3) is 0.500. The quantitative estimate of drug-likeness (QED) is 0.556. The lowest BCUT2D eigenvalue weighted by atomic mass is 10.1. The van der Waals surface area contributed by atoms with Crippen molar-refractivity contribution < 1.29 is 14.3 Å². The predicted molar refractivity (Wildman–Crippen MR) is 130 cm³/mol. The van der Waals surface area contributed by atoms with Gasteiger partial charge in [0.05, 0.1) is 17.8 Å². The number of anilines is 1. The van der Waals surface area contributed by atoms with E-state index in [4.69, 9.17) is 9.47 Å². The number of hydrogen-bond donors (Lipinski definition) is 0. The van der Waals surface area contributed by atoms with Gasteiger partial charge in [-0.05, 0) is 34.6 Å². The van der Waals surface area contributed by atoms with Gasteiger partial charge in [-0.3, -0.25) is 4.68 Å². The Bertz CT molecular complexity index is 1290. The Kier molecular flexibility index (Phi) is 6.47. The van der Waals surface area contributed by atoms with Gasteiger partial charge in [0.2, 0.25) is 5.88 Å². The van der Waals surface area contributed by atoms with Crippen LogP contribution < -0.4 is 9.64 Å². The number of nitriles is 1. The van der Waals surface area contributed by atoms with Gasteiger partial charge in [-0.2, -0.15) is 10.4 Å². The second-order valence-corrected chi connectivity index (χ2v) is 9.45. The van der Waals surface area contributed by atoms with Crippen molar-refractivity contribution in [2.45, 2.75) is 46.3 Å². The van der Waals surface area contributed by atoms with E-state index in [2.05, 4.69) is 31.0 Å². The van der Waals surface area contributed by atoms with Crippen LogP contribution in [0.5, 0.6) is 5.88 Å². The standard InChI is InChI=1S/C24H30N8O3/c1-7-34-22-19-20(17(12-26-22)18-10-16(11-25)30(6)29-18)27-14-28-21(19)31-8-9-32(15(2)13-31)23(33)35-24(3,4)5/h10,12,14-15H,7-9,13H2,1-6H3. The molecule has 1 aliphatic rings. The molecule has 1 fully saturated rings. The molecule has 0 bridgehead atoms. The average molecular weight is 479 g/mol. The van der Waals surface area contributed by atoms with E-state index in [0.29, 0.717) is 65.8 Å². The molecule has 1 aliphatic heterocycles. The summed E-state index contributed by atoms with van der Waals surface area (Å²) >= 11 is 0.